The molecule has 3 aromatic rings. The van der Waals surface area contributed by atoms with Crippen LogP contribution in [-0.2, 0) is 0 Å². The smallest absolute Gasteiger partial charge is 0.277 e. The average molecular weight is 313 g/mol. The molecule has 23 heavy (non-hydrogen) atoms. The summed E-state index contributed by atoms with van der Waals surface area (Å²) in [6.07, 6.45) is 1.64. The third-order valence-electron chi connectivity index (χ3n) is 4.05. The Kier molecular flexibility index (Phi) is 3.85. The quantitative estimate of drug-likeness (QED) is 0.768. The molecule has 0 aliphatic rings. The first kappa shape index (κ1) is 15.2. The molecule has 0 atom stereocenters. The van der Waals surface area contributed by atoms with Crippen molar-refractivity contribution >= 4 is 22.5 Å². The molecule has 0 bridgehead atoms. The molecule has 2 N–H and O–H groups in total. The van der Waals surface area contributed by atoms with Crippen molar-refractivity contribution in [3.63, 3.8) is 0 Å². The van der Waals surface area contributed by atoms with Crippen LogP contribution in [0.3, 0.4) is 0 Å². The van der Waals surface area contributed by atoms with Crippen LogP contribution in [0.25, 0.3) is 16.6 Å². The predicted octanol–water partition coefficient (Wildman–Crippen LogP) is 1.80. The minimum atomic E-state index is -0.372. The lowest BCUT2D eigenvalue weighted by molar-refractivity contribution is 0.0931. The number of nitrogens with one attached hydrogen (secondary N) is 2. The first-order valence-corrected chi connectivity index (χ1v) is 7.74. The van der Waals surface area contributed by atoms with Crippen LogP contribution < -0.4 is 10.9 Å². The van der Waals surface area contributed by atoms with Crippen molar-refractivity contribution in [2.24, 2.45) is 0 Å². The Morgan fingerprint density at radius 1 is 1.35 bits per heavy atom. The Labute approximate surface area is 132 Å². The van der Waals surface area contributed by atoms with Gasteiger partial charge in [0, 0.05) is 6.04 Å². The van der Waals surface area contributed by atoms with E-state index in [-0.39, 0.29) is 28.7 Å². The molecule has 0 aliphatic heterocycles. The molecule has 3 rings (SSSR count). The predicted molar refractivity (Wildman–Crippen MR) is 87.7 cm³/mol. The van der Waals surface area contributed by atoms with Gasteiger partial charge in [0.15, 0.2) is 11.2 Å². The van der Waals surface area contributed by atoms with Crippen molar-refractivity contribution in [2.45, 2.75) is 39.7 Å². The van der Waals surface area contributed by atoms with Gasteiger partial charge in [0.1, 0.15) is 0 Å². The standard InChI is InChI=1S/C16H19N5O2/c1-4-10(5-2)17-15(22)13-14-16(23)18-11-8-9(3)6-7-12(11)21(14)20-19-13/h6-8,10H,4-5H2,1-3H3,(H,17,22)(H,18,23). The number of H-pyrrole nitrogens is 1. The summed E-state index contributed by atoms with van der Waals surface area (Å²) in [7, 11) is 0. The summed E-state index contributed by atoms with van der Waals surface area (Å²) in [6, 6.07) is 5.69. The number of benzene rings is 1. The fourth-order valence-corrected chi connectivity index (χ4v) is 2.67. The Balaban J connectivity index is 2.15. The highest BCUT2D eigenvalue weighted by Crippen LogP contribution is 2.14. The largest absolute Gasteiger partial charge is 0.348 e. The van der Waals surface area contributed by atoms with Crippen molar-refractivity contribution in [2.75, 3.05) is 0 Å². The van der Waals surface area contributed by atoms with Crippen molar-refractivity contribution in [1.82, 2.24) is 25.1 Å². The molecule has 1 aromatic carbocycles. The SMILES string of the molecule is CCC(CC)NC(=O)c1nnn2c1c(=O)[nH]c1cc(C)ccc12. The number of nitrogens with zero attached hydrogens (tertiary/aromatic N) is 3. The zero-order valence-electron chi connectivity index (χ0n) is 13.4. The van der Waals surface area contributed by atoms with Gasteiger partial charge in [0.2, 0.25) is 0 Å². The highest BCUT2D eigenvalue weighted by Gasteiger charge is 2.21. The Morgan fingerprint density at radius 3 is 2.78 bits per heavy atom. The number of hydrogen-bond donors (Lipinski definition) is 2. The van der Waals surface area contributed by atoms with Crippen molar-refractivity contribution in [3.05, 3.63) is 39.8 Å². The second-order valence-corrected chi connectivity index (χ2v) is 5.66. The van der Waals surface area contributed by atoms with Gasteiger partial charge < -0.3 is 10.3 Å². The lowest BCUT2D eigenvalue weighted by Crippen LogP contribution is -2.34. The van der Waals surface area contributed by atoms with E-state index in [2.05, 4.69) is 20.6 Å². The van der Waals surface area contributed by atoms with E-state index in [0.29, 0.717) is 11.0 Å². The normalized spacial score (nSPS) is 11.5. The summed E-state index contributed by atoms with van der Waals surface area (Å²) in [5, 5.41) is 10.8. The number of carbonyl (C=O) groups excluding carboxylic acids is 1. The van der Waals surface area contributed by atoms with Crippen LogP contribution in [0.1, 0.15) is 42.7 Å². The van der Waals surface area contributed by atoms with Gasteiger partial charge in [0.05, 0.1) is 11.0 Å². The number of aryl methyl sites for hydroxylation is 1. The zero-order valence-corrected chi connectivity index (χ0v) is 13.4. The molecule has 0 aliphatic carbocycles. The molecule has 0 unspecified atom stereocenters. The number of aromatic amines is 1. The number of aromatic nitrogens is 4. The lowest BCUT2D eigenvalue weighted by Gasteiger charge is -2.13. The van der Waals surface area contributed by atoms with E-state index in [0.717, 1.165) is 18.4 Å². The maximum atomic E-state index is 12.4. The van der Waals surface area contributed by atoms with Crippen LogP contribution in [0.2, 0.25) is 0 Å². The second kappa shape index (κ2) is 5.83. The fraction of sp³-hybridized carbons (Fsp3) is 0.375. The summed E-state index contributed by atoms with van der Waals surface area (Å²) in [4.78, 5) is 27.6. The molecule has 0 fully saturated rings. The Morgan fingerprint density at radius 2 is 2.09 bits per heavy atom. The van der Waals surface area contributed by atoms with Crippen molar-refractivity contribution in [3.8, 4) is 0 Å². The van der Waals surface area contributed by atoms with E-state index in [4.69, 9.17) is 0 Å². The molecule has 1 amide bonds. The molecular weight excluding hydrogens is 294 g/mol. The molecule has 0 spiro atoms. The van der Waals surface area contributed by atoms with Gasteiger partial charge in [-0.05, 0) is 37.5 Å². The maximum absolute atomic E-state index is 12.4. The van der Waals surface area contributed by atoms with Gasteiger partial charge in [-0.1, -0.05) is 25.1 Å². The topological polar surface area (TPSA) is 92.2 Å². The first-order chi connectivity index (χ1) is 11.0. The molecule has 2 heterocycles. The van der Waals surface area contributed by atoms with Gasteiger partial charge in [0.25, 0.3) is 11.5 Å². The van der Waals surface area contributed by atoms with E-state index in [1.807, 2.05) is 39.0 Å². The van der Waals surface area contributed by atoms with Crippen molar-refractivity contribution in [1.29, 1.82) is 0 Å². The van der Waals surface area contributed by atoms with E-state index < -0.39 is 0 Å². The van der Waals surface area contributed by atoms with Gasteiger partial charge in [-0.3, -0.25) is 9.59 Å². The number of carbonyl (C=O) groups is 1. The van der Waals surface area contributed by atoms with Crippen LogP contribution >= 0.6 is 0 Å². The zero-order chi connectivity index (χ0) is 16.6. The molecule has 0 radical (unpaired) electrons. The third-order valence-corrected chi connectivity index (χ3v) is 4.05. The first-order valence-electron chi connectivity index (χ1n) is 7.74. The van der Waals surface area contributed by atoms with E-state index >= 15 is 0 Å². The van der Waals surface area contributed by atoms with Gasteiger partial charge >= 0.3 is 0 Å². The van der Waals surface area contributed by atoms with Crippen LogP contribution in [0.4, 0.5) is 0 Å². The summed E-state index contributed by atoms with van der Waals surface area (Å²) in [5.74, 6) is -0.370. The minimum Gasteiger partial charge on any atom is -0.348 e. The molecular formula is C16H19N5O2. The fourth-order valence-electron chi connectivity index (χ4n) is 2.67. The molecule has 2 aromatic heterocycles. The van der Waals surface area contributed by atoms with Gasteiger partial charge in [-0.15, -0.1) is 5.10 Å². The number of rotatable bonds is 4. The molecule has 0 saturated heterocycles. The van der Waals surface area contributed by atoms with Crippen LogP contribution in [0.15, 0.2) is 23.0 Å². The third kappa shape index (κ3) is 2.58. The highest BCUT2D eigenvalue weighted by atomic mass is 16.2. The number of amides is 1. The molecule has 7 nitrogen and oxygen atoms in total. The van der Waals surface area contributed by atoms with Crippen LogP contribution in [0, 0.1) is 6.92 Å². The van der Waals surface area contributed by atoms with E-state index in [1.54, 1.807) is 0 Å². The average Bonchev–Trinajstić information content (AvgIpc) is 2.98. The van der Waals surface area contributed by atoms with E-state index in [1.165, 1.54) is 4.52 Å². The van der Waals surface area contributed by atoms with Crippen molar-refractivity contribution < 1.29 is 4.79 Å². The summed E-state index contributed by atoms with van der Waals surface area (Å²) in [6.45, 7) is 5.94. The summed E-state index contributed by atoms with van der Waals surface area (Å²) >= 11 is 0. The molecule has 7 heteroatoms. The minimum absolute atomic E-state index is 0.0561. The lowest BCUT2D eigenvalue weighted by atomic mass is 10.1. The molecule has 120 valence electrons. The Bertz CT molecular complexity index is 937. The molecule has 0 saturated carbocycles. The summed E-state index contributed by atoms with van der Waals surface area (Å²) < 4.78 is 1.43. The highest BCUT2D eigenvalue weighted by molar-refractivity contribution is 5.99. The van der Waals surface area contributed by atoms with Gasteiger partial charge in [-0.25, -0.2) is 4.52 Å². The van der Waals surface area contributed by atoms with Gasteiger partial charge in [-0.2, -0.15) is 0 Å². The van der Waals surface area contributed by atoms with E-state index in [9.17, 15) is 9.59 Å². The number of fused-ring (bicyclic) bond motifs is 3. The second-order valence-electron chi connectivity index (χ2n) is 5.66. The Hall–Kier alpha value is -2.70. The maximum Gasteiger partial charge on any atom is 0.277 e. The van der Waals surface area contributed by atoms with Crippen LogP contribution in [-0.4, -0.2) is 31.8 Å². The van der Waals surface area contributed by atoms with Crippen LogP contribution in [0.5, 0.6) is 0 Å². The summed E-state index contributed by atoms with van der Waals surface area (Å²) in [5.41, 5.74) is 2.26. The number of hydrogen-bond acceptors (Lipinski definition) is 4. The monoisotopic (exact) mass is 313 g/mol.